The Bertz CT molecular complexity index is 416. The molecule has 2 aromatic rings. The molecule has 0 aliphatic heterocycles. The Kier molecular flexibility index (Phi) is 1.63. The number of aromatic nitrogens is 2. The van der Waals surface area contributed by atoms with E-state index in [2.05, 4.69) is 14.7 Å². The number of hydrogen-bond acceptors (Lipinski definition) is 3. The lowest BCUT2D eigenvalue weighted by atomic mass is 10.3. The van der Waals surface area contributed by atoms with Crippen LogP contribution in [0.1, 0.15) is 0 Å². The van der Waals surface area contributed by atoms with Gasteiger partial charge >= 0.3 is 6.16 Å². The average molecular weight is 178 g/mol. The van der Waals surface area contributed by atoms with Crippen molar-refractivity contribution in [2.24, 2.45) is 0 Å². The number of carboxylic acid groups (broad SMARTS) is 1. The fourth-order valence-electron chi connectivity index (χ4n) is 1.09. The maximum absolute atomic E-state index is 10.2. The molecule has 13 heavy (non-hydrogen) atoms. The second-order valence-corrected chi connectivity index (χ2v) is 2.46. The van der Waals surface area contributed by atoms with Gasteiger partial charge in [0.25, 0.3) is 0 Å². The van der Waals surface area contributed by atoms with E-state index >= 15 is 0 Å². The number of H-pyrrole nitrogens is 1. The summed E-state index contributed by atoms with van der Waals surface area (Å²) in [4.78, 5) is 16.8. The van der Waals surface area contributed by atoms with Crippen LogP contribution < -0.4 is 4.74 Å². The molecule has 0 saturated carbocycles. The first-order valence-electron chi connectivity index (χ1n) is 3.59. The Morgan fingerprint density at radius 1 is 1.62 bits per heavy atom. The summed E-state index contributed by atoms with van der Waals surface area (Å²) in [5.41, 5.74) is 0.749. The first-order chi connectivity index (χ1) is 6.25. The van der Waals surface area contributed by atoms with Crippen LogP contribution in [0.4, 0.5) is 4.79 Å². The fourth-order valence-corrected chi connectivity index (χ4v) is 1.09. The smallest absolute Gasteiger partial charge is 0.449 e. The van der Waals surface area contributed by atoms with Crippen LogP contribution in [-0.4, -0.2) is 21.2 Å². The topological polar surface area (TPSA) is 75.2 Å². The van der Waals surface area contributed by atoms with Gasteiger partial charge in [-0.1, -0.05) is 0 Å². The summed E-state index contributed by atoms with van der Waals surface area (Å²) < 4.78 is 4.43. The van der Waals surface area contributed by atoms with E-state index in [1.165, 1.54) is 0 Å². The molecule has 2 rings (SSSR count). The lowest BCUT2D eigenvalue weighted by molar-refractivity contribution is 0.143. The van der Waals surface area contributed by atoms with Gasteiger partial charge in [0, 0.05) is 17.6 Å². The second-order valence-electron chi connectivity index (χ2n) is 2.46. The van der Waals surface area contributed by atoms with Crippen molar-refractivity contribution < 1.29 is 14.6 Å². The number of aromatic amines is 1. The minimum Gasteiger partial charge on any atom is -0.449 e. The quantitative estimate of drug-likeness (QED) is 0.650. The molecule has 0 amide bonds. The highest BCUT2D eigenvalue weighted by atomic mass is 16.7. The third-order valence-corrected chi connectivity index (χ3v) is 1.60. The summed E-state index contributed by atoms with van der Waals surface area (Å²) in [6.07, 6.45) is 1.89. The predicted octanol–water partition coefficient (Wildman–Crippen LogP) is 1.62. The molecule has 0 aromatic carbocycles. The van der Waals surface area contributed by atoms with E-state index in [0.717, 1.165) is 10.9 Å². The first-order valence-corrected chi connectivity index (χ1v) is 3.59. The van der Waals surface area contributed by atoms with Crippen molar-refractivity contribution in [1.82, 2.24) is 9.97 Å². The predicted molar refractivity (Wildman–Crippen MR) is 44.7 cm³/mol. The van der Waals surface area contributed by atoms with Crippen LogP contribution in [0, 0.1) is 0 Å². The first kappa shape index (κ1) is 7.60. The van der Waals surface area contributed by atoms with Gasteiger partial charge in [-0.05, 0) is 6.07 Å². The van der Waals surface area contributed by atoms with Crippen molar-refractivity contribution in [2.45, 2.75) is 0 Å². The zero-order valence-electron chi connectivity index (χ0n) is 6.52. The van der Waals surface area contributed by atoms with E-state index in [-0.39, 0.29) is 5.88 Å². The van der Waals surface area contributed by atoms with Gasteiger partial charge in [-0.25, -0.2) is 4.79 Å². The van der Waals surface area contributed by atoms with Crippen molar-refractivity contribution in [2.75, 3.05) is 0 Å². The molecule has 0 saturated heterocycles. The van der Waals surface area contributed by atoms with Gasteiger partial charge in [-0.15, -0.1) is 0 Å². The number of carbonyl (C=O) groups is 1. The van der Waals surface area contributed by atoms with Crippen LogP contribution in [0.3, 0.4) is 0 Å². The molecule has 2 heterocycles. The Morgan fingerprint density at radius 3 is 3.15 bits per heavy atom. The molecule has 2 aromatic heterocycles. The largest absolute Gasteiger partial charge is 0.512 e. The van der Waals surface area contributed by atoms with Crippen molar-refractivity contribution >= 4 is 17.1 Å². The van der Waals surface area contributed by atoms with Crippen molar-refractivity contribution in [3.8, 4) is 5.88 Å². The highest BCUT2D eigenvalue weighted by Gasteiger charge is 2.04. The van der Waals surface area contributed by atoms with Gasteiger partial charge in [0.2, 0.25) is 5.88 Å². The molecule has 0 aliphatic carbocycles. The van der Waals surface area contributed by atoms with Gasteiger partial charge in [0.1, 0.15) is 0 Å². The van der Waals surface area contributed by atoms with Crippen LogP contribution in [-0.2, 0) is 0 Å². The molecule has 5 heteroatoms. The van der Waals surface area contributed by atoms with E-state index in [9.17, 15) is 4.79 Å². The van der Waals surface area contributed by atoms with Crippen LogP contribution in [0.25, 0.3) is 10.9 Å². The van der Waals surface area contributed by atoms with Gasteiger partial charge < -0.3 is 14.8 Å². The number of hydrogen-bond donors (Lipinski definition) is 2. The minimum atomic E-state index is -1.33. The summed E-state index contributed by atoms with van der Waals surface area (Å²) in [6.45, 7) is 0. The van der Waals surface area contributed by atoms with Crippen LogP contribution in [0.2, 0.25) is 0 Å². The lowest BCUT2D eigenvalue weighted by Crippen LogP contribution is -2.02. The molecule has 0 unspecified atom stereocenters. The third kappa shape index (κ3) is 1.44. The zero-order valence-corrected chi connectivity index (χ0v) is 6.52. The van der Waals surface area contributed by atoms with Crippen molar-refractivity contribution in [1.29, 1.82) is 0 Å². The molecule has 0 radical (unpaired) electrons. The third-order valence-electron chi connectivity index (χ3n) is 1.60. The van der Waals surface area contributed by atoms with Crippen molar-refractivity contribution in [3.05, 3.63) is 24.5 Å². The monoisotopic (exact) mass is 178 g/mol. The normalized spacial score (nSPS) is 10.2. The fraction of sp³-hybridized carbons (Fsp3) is 0. The Hall–Kier alpha value is -2.04. The van der Waals surface area contributed by atoms with Gasteiger partial charge in [-0.2, -0.15) is 0 Å². The van der Waals surface area contributed by atoms with E-state index in [1.807, 2.05) is 0 Å². The average Bonchev–Trinajstić information content (AvgIpc) is 2.44. The van der Waals surface area contributed by atoms with Crippen LogP contribution in [0.5, 0.6) is 5.88 Å². The van der Waals surface area contributed by atoms with Crippen LogP contribution in [0.15, 0.2) is 24.5 Å². The number of nitrogens with zero attached hydrogens (tertiary/aromatic N) is 1. The number of pyridine rings is 1. The molecule has 0 spiro atoms. The zero-order chi connectivity index (χ0) is 9.26. The summed E-state index contributed by atoms with van der Waals surface area (Å²) in [5, 5.41) is 9.20. The van der Waals surface area contributed by atoms with E-state index in [4.69, 9.17) is 5.11 Å². The number of fused-ring (bicyclic) bond motifs is 1. The van der Waals surface area contributed by atoms with Gasteiger partial charge in [0.05, 0.1) is 11.7 Å². The molecule has 0 fully saturated rings. The van der Waals surface area contributed by atoms with Crippen molar-refractivity contribution in [3.63, 3.8) is 0 Å². The Labute approximate surface area is 73.0 Å². The van der Waals surface area contributed by atoms with E-state index in [0.29, 0.717) is 0 Å². The molecular weight excluding hydrogens is 172 g/mol. The Balaban J connectivity index is 2.44. The lowest BCUT2D eigenvalue weighted by Gasteiger charge is -1.91. The SMILES string of the molecule is O=C(O)Oc1cc2ccncc2[nH]1. The van der Waals surface area contributed by atoms with Crippen LogP contribution >= 0.6 is 0 Å². The number of ether oxygens (including phenoxy) is 1. The minimum absolute atomic E-state index is 0.204. The summed E-state index contributed by atoms with van der Waals surface area (Å²) >= 11 is 0. The van der Waals surface area contributed by atoms with Gasteiger partial charge in [0.15, 0.2) is 0 Å². The molecule has 66 valence electrons. The van der Waals surface area contributed by atoms with Gasteiger partial charge in [-0.3, -0.25) is 4.98 Å². The summed E-state index contributed by atoms with van der Waals surface area (Å²) in [5.74, 6) is 0.204. The molecule has 0 bridgehead atoms. The second kappa shape index (κ2) is 2.78. The number of rotatable bonds is 1. The Morgan fingerprint density at radius 2 is 2.46 bits per heavy atom. The maximum atomic E-state index is 10.2. The molecule has 2 N–H and O–H groups in total. The summed E-state index contributed by atoms with van der Waals surface area (Å²) in [7, 11) is 0. The summed E-state index contributed by atoms with van der Waals surface area (Å²) in [6, 6.07) is 3.37. The number of nitrogens with one attached hydrogen (secondary N) is 1. The van der Waals surface area contributed by atoms with E-state index < -0.39 is 6.16 Å². The standard InChI is InChI=1S/C8H6N2O3/c11-8(12)13-7-3-5-1-2-9-4-6(5)10-7/h1-4,10H,(H,11,12). The molecule has 5 nitrogen and oxygen atoms in total. The molecule has 0 atom stereocenters. The highest BCUT2D eigenvalue weighted by Crippen LogP contribution is 2.18. The maximum Gasteiger partial charge on any atom is 0.512 e. The highest BCUT2D eigenvalue weighted by molar-refractivity contribution is 5.81. The van der Waals surface area contributed by atoms with E-state index in [1.54, 1.807) is 24.5 Å². The molecular formula is C8H6N2O3. The molecule has 0 aliphatic rings.